The molecule has 0 aromatic heterocycles. The minimum Gasteiger partial charge on any atom is -0.507 e. The normalized spacial score (nSPS) is 18.0. The first-order chi connectivity index (χ1) is 14.5. The highest BCUT2D eigenvalue weighted by Crippen LogP contribution is 2.40. The van der Waals surface area contributed by atoms with Crippen molar-refractivity contribution in [3.8, 4) is 11.5 Å². The molecule has 1 aliphatic rings. The van der Waals surface area contributed by atoms with Crippen molar-refractivity contribution in [1.29, 1.82) is 0 Å². The predicted molar refractivity (Wildman–Crippen MR) is 111 cm³/mol. The maximum absolute atomic E-state index is 12.9. The van der Waals surface area contributed by atoms with E-state index < -0.39 is 17.7 Å². The van der Waals surface area contributed by atoms with Gasteiger partial charge >= 0.3 is 0 Å². The Balaban J connectivity index is 2.11. The van der Waals surface area contributed by atoms with Crippen LogP contribution >= 0.6 is 0 Å². The molecule has 1 saturated heterocycles. The van der Waals surface area contributed by atoms with Crippen molar-refractivity contribution in [2.45, 2.75) is 13.0 Å². The number of nitrogens with zero attached hydrogens (tertiary/aromatic N) is 1. The van der Waals surface area contributed by atoms with Crippen molar-refractivity contribution in [1.82, 2.24) is 4.90 Å². The van der Waals surface area contributed by atoms with Crippen molar-refractivity contribution in [3.63, 3.8) is 0 Å². The third kappa shape index (κ3) is 4.16. The zero-order valence-electron chi connectivity index (χ0n) is 17.3. The van der Waals surface area contributed by atoms with Gasteiger partial charge in [0.25, 0.3) is 11.7 Å². The molecule has 1 heterocycles. The van der Waals surface area contributed by atoms with Crippen molar-refractivity contribution in [3.05, 3.63) is 65.2 Å². The van der Waals surface area contributed by atoms with Crippen molar-refractivity contribution in [2.75, 3.05) is 34.0 Å². The van der Waals surface area contributed by atoms with Crippen LogP contribution in [-0.2, 0) is 14.3 Å². The minimum atomic E-state index is -0.748. The molecule has 1 aliphatic heterocycles. The summed E-state index contributed by atoms with van der Waals surface area (Å²) in [6.45, 7) is 2.87. The van der Waals surface area contributed by atoms with E-state index >= 15 is 0 Å². The van der Waals surface area contributed by atoms with E-state index in [1.54, 1.807) is 55.6 Å². The molecule has 0 radical (unpaired) electrons. The topological polar surface area (TPSA) is 85.3 Å². The molecular weight excluding hydrogens is 386 g/mol. The smallest absolute Gasteiger partial charge is 0.295 e. The number of hydrogen-bond donors (Lipinski definition) is 1. The van der Waals surface area contributed by atoms with Crippen LogP contribution in [0, 0.1) is 0 Å². The molecule has 0 unspecified atom stereocenters. The SMILES string of the molecule is CCOc1ccc(/C(O)=C2\C(=O)C(=O)N(CCOC)[C@@H]2c2cccc(OC)c2)cc1. The Bertz CT molecular complexity index is 950. The average Bonchev–Trinajstić information content (AvgIpc) is 3.02. The van der Waals surface area contributed by atoms with Crippen molar-refractivity contribution < 1.29 is 28.9 Å². The third-order valence-corrected chi connectivity index (χ3v) is 4.92. The van der Waals surface area contributed by atoms with E-state index in [4.69, 9.17) is 14.2 Å². The number of benzene rings is 2. The highest BCUT2D eigenvalue weighted by molar-refractivity contribution is 6.46. The van der Waals surface area contributed by atoms with E-state index in [2.05, 4.69) is 0 Å². The maximum Gasteiger partial charge on any atom is 0.295 e. The highest BCUT2D eigenvalue weighted by atomic mass is 16.5. The van der Waals surface area contributed by atoms with E-state index in [0.29, 0.717) is 29.2 Å². The number of carbonyl (C=O) groups is 2. The number of Topliss-reactive ketones (excluding diaryl/α,β-unsaturated/α-hetero) is 1. The first-order valence-corrected chi connectivity index (χ1v) is 9.66. The highest BCUT2D eigenvalue weighted by Gasteiger charge is 2.45. The van der Waals surface area contributed by atoms with Gasteiger partial charge in [-0.05, 0) is 48.9 Å². The summed E-state index contributed by atoms with van der Waals surface area (Å²) < 4.78 is 15.8. The van der Waals surface area contributed by atoms with Crippen LogP contribution in [0.2, 0.25) is 0 Å². The fourth-order valence-corrected chi connectivity index (χ4v) is 3.49. The maximum atomic E-state index is 12.9. The second kappa shape index (κ2) is 9.45. The number of aliphatic hydroxyl groups is 1. The molecule has 0 saturated carbocycles. The number of aliphatic hydroxyl groups excluding tert-OH is 1. The predicted octanol–water partition coefficient (Wildman–Crippen LogP) is 3.16. The fourth-order valence-electron chi connectivity index (χ4n) is 3.49. The number of ether oxygens (including phenoxy) is 3. The molecule has 1 fully saturated rings. The largest absolute Gasteiger partial charge is 0.507 e. The first-order valence-electron chi connectivity index (χ1n) is 9.66. The number of hydrogen-bond acceptors (Lipinski definition) is 6. The molecule has 30 heavy (non-hydrogen) atoms. The first kappa shape index (κ1) is 21.4. The lowest BCUT2D eigenvalue weighted by molar-refractivity contribution is -0.140. The molecule has 1 N–H and O–H groups in total. The van der Waals surface area contributed by atoms with Gasteiger partial charge in [-0.2, -0.15) is 0 Å². The Labute approximate surface area is 175 Å². The lowest BCUT2D eigenvalue weighted by Crippen LogP contribution is -2.32. The molecular formula is C23H25NO6. The number of carbonyl (C=O) groups excluding carboxylic acids is 2. The molecule has 158 valence electrons. The molecule has 0 bridgehead atoms. The number of ketones is 1. The van der Waals surface area contributed by atoms with Crippen LogP contribution in [0.3, 0.4) is 0 Å². The minimum absolute atomic E-state index is 0.0357. The van der Waals surface area contributed by atoms with Crippen molar-refractivity contribution >= 4 is 17.4 Å². The monoisotopic (exact) mass is 411 g/mol. The quantitative estimate of drug-likeness (QED) is 0.408. The lowest BCUT2D eigenvalue weighted by Gasteiger charge is -2.25. The molecule has 0 spiro atoms. The molecule has 1 atom stereocenters. The van der Waals surface area contributed by atoms with Crippen LogP contribution in [-0.4, -0.2) is 55.7 Å². The molecule has 2 aromatic rings. The summed E-state index contributed by atoms with van der Waals surface area (Å²) >= 11 is 0. The third-order valence-electron chi connectivity index (χ3n) is 4.92. The van der Waals surface area contributed by atoms with Crippen LogP contribution < -0.4 is 9.47 Å². The second-order valence-electron chi connectivity index (χ2n) is 6.72. The number of likely N-dealkylation sites (tertiary alicyclic amines) is 1. The Kier molecular flexibility index (Phi) is 6.74. The summed E-state index contributed by atoms with van der Waals surface area (Å²) in [5.41, 5.74) is 1.13. The van der Waals surface area contributed by atoms with Crippen LogP contribution in [0.25, 0.3) is 5.76 Å². The molecule has 7 nitrogen and oxygen atoms in total. The van der Waals surface area contributed by atoms with Gasteiger partial charge in [0, 0.05) is 19.2 Å². The van der Waals surface area contributed by atoms with Gasteiger partial charge in [-0.3, -0.25) is 9.59 Å². The molecule has 7 heteroatoms. The fraction of sp³-hybridized carbons (Fsp3) is 0.304. The molecule has 0 aliphatic carbocycles. The van der Waals surface area contributed by atoms with Gasteiger partial charge in [0.2, 0.25) is 0 Å². The van der Waals surface area contributed by atoms with E-state index in [1.165, 1.54) is 12.0 Å². The zero-order chi connectivity index (χ0) is 21.7. The van der Waals surface area contributed by atoms with Crippen LogP contribution in [0.5, 0.6) is 11.5 Å². The van der Waals surface area contributed by atoms with Gasteiger partial charge in [0.15, 0.2) is 0 Å². The van der Waals surface area contributed by atoms with Gasteiger partial charge in [0.1, 0.15) is 17.3 Å². The Hall–Kier alpha value is -3.32. The standard InChI is InChI=1S/C23H25NO6/c1-4-30-17-10-8-15(9-11-17)21(25)19-20(16-6-5-7-18(14-16)29-3)24(12-13-28-2)23(27)22(19)26/h5-11,14,20,25H,4,12-13H2,1-3H3/b21-19+/t20-/m1/s1. The van der Waals surface area contributed by atoms with Gasteiger partial charge in [-0.1, -0.05) is 12.1 Å². The number of rotatable bonds is 8. The Morgan fingerprint density at radius 3 is 2.43 bits per heavy atom. The van der Waals surface area contributed by atoms with Crippen LogP contribution in [0.15, 0.2) is 54.1 Å². The van der Waals surface area contributed by atoms with E-state index in [-0.39, 0.29) is 24.5 Å². The number of amides is 1. The summed E-state index contributed by atoms with van der Waals surface area (Å²) in [5.74, 6) is -0.397. The van der Waals surface area contributed by atoms with Crippen LogP contribution in [0.4, 0.5) is 0 Å². The summed E-state index contributed by atoms with van der Waals surface area (Å²) in [6, 6.07) is 13.1. The Morgan fingerprint density at radius 1 is 1.07 bits per heavy atom. The summed E-state index contributed by atoms with van der Waals surface area (Å²) in [7, 11) is 3.07. The lowest BCUT2D eigenvalue weighted by atomic mass is 9.95. The molecule has 3 rings (SSSR count). The summed E-state index contributed by atoms with van der Waals surface area (Å²) in [5, 5.41) is 11.0. The van der Waals surface area contributed by atoms with Gasteiger partial charge in [-0.15, -0.1) is 0 Å². The molecule has 1 amide bonds. The molecule has 2 aromatic carbocycles. The van der Waals surface area contributed by atoms with Crippen molar-refractivity contribution in [2.24, 2.45) is 0 Å². The van der Waals surface area contributed by atoms with Crippen LogP contribution in [0.1, 0.15) is 24.1 Å². The second-order valence-corrected chi connectivity index (χ2v) is 6.72. The average molecular weight is 411 g/mol. The number of methoxy groups -OCH3 is 2. The van der Waals surface area contributed by atoms with Gasteiger partial charge in [-0.25, -0.2) is 0 Å². The Morgan fingerprint density at radius 2 is 1.80 bits per heavy atom. The summed E-state index contributed by atoms with van der Waals surface area (Å²) in [4.78, 5) is 27.1. The van der Waals surface area contributed by atoms with Gasteiger partial charge < -0.3 is 24.2 Å². The van der Waals surface area contributed by atoms with Gasteiger partial charge in [0.05, 0.1) is 31.9 Å². The van der Waals surface area contributed by atoms with E-state index in [9.17, 15) is 14.7 Å². The zero-order valence-corrected chi connectivity index (χ0v) is 17.3. The van der Waals surface area contributed by atoms with E-state index in [1.807, 2.05) is 6.92 Å². The van der Waals surface area contributed by atoms with E-state index in [0.717, 1.165) is 0 Å². The summed E-state index contributed by atoms with van der Waals surface area (Å²) in [6.07, 6.45) is 0.